The van der Waals surface area contributed by atoms with Crippen molar-refractivity contribution in [2.75, 3.05) is 23.8 Å². The minimum atomic E-state index is -0.638. The van der Waals surface area contributed by atoms with Gasteiger partial charge in [-0.1, -0.05) is 45.2 Å². The van der Waals surface area contributed by atoms with Gasteiger partial charge in [-0.3, -0.25) is 19.1 Å². The van der Waals surface area contributed by atoms with E-state index < -0.39 is 11.2 Å². The number of H-pyrrole nitrogens is 1. The molecule has 2 aromatic rings. The van der Waals surface area contributed by atoms with Gasteiger partial charge in [0.1, 0.15) is 11.6 Å². The van der Waals surface area contributed by atoms with E-state index in [0.717, 1.165) is 49.0 Å². The maximum absolute atomic E-state index is 13.1. The van der Waals surface area contributed by atoms with Crippen LogP contribution in [0, 0.1) is 13.8 Å². The number of hydrogen-bond acceptors (Lipinski definition) is 5. The summed E-state index contributed by atoms with van der Waals surface area (Å²) < 4.78 is 7.18. The van der Waals surface area contributed by atoms with Gasteiger partial charge in [0, 0.05) is 13.1 Å². The zero-order chi connectivity index (χ0) is 23.7. The highest BCUT2D eigenvalue weighted by atomic mass is 16.5. The molecule has 0 bridgehead atoms. The van der Waals surface area contributed by atoms with Crippen LogP contribution in [0.2, 0.25) is 0 Å². The SMILES string of the molecule is CCCCCN(C(=O)CCOc1cccc(C)c1C)c1c(N)n(CCCC)c(=O)[nH]c1=O. The maximum Gasteiger partial charge on any atom is 0.330 e. The van der Waals surface area contributed by atoms with Gasteiger partial charge in [0.05, 0.1) is 13.0 Å². The number of amides is 1. The monoisotopic (exact) mass is 444 g/mol. The van der Waals surface area contributed by atoms with E-state index in [1.165, 1.54) is 9.47 Å². The smallest absolute Gasteiger partial charge is 0.330 e. The zero-order valence-electron chi connectivity index (χ0n) is 19.7. The fourth-order valence-electron chi connectivity index (χ4n) is 3.52. The van der Waals surface area contributed by atoms with Crippen molar-refractivity contribution in [3.63, 3.8) is 0 Å². The lowest BCUT2D eigenvalue weighted by molar-refractivity contribution is -0.119. The Balaban J connectivity index is 2.27. The number of benzene rings is 1. The molecule has 0 saturated heterocycles. The van der Waals surface area contributed by atoms with Crippen molar-refractivity contribution in [3.05, 3.63) is 50.2 Å². The van der Waals surface area contributed by atoms with Gasteiger partial charge in [-0.2, -0.15) is 0 Å². The Labute approximate surface area is 189 Å². The largest absolute Gasteiger partial charge is 0.493 e. The van der Waals surface area contributed by atoms with Gasteiger partial charge < -0.3 is 15.4 Å². The number of unbranched alkanes of at least 4 members (excludes halogenated alkanes) is 3. The maximum atomic E-state index is 13.1. The van der Waals surface area contributed by atoms with Crippen LogP contribution in [-0.4, -0.2) is 28.6 Å². The third kappa shape index (κ3) is 6.24. The van der Waals surface area contributed by atoms with Crippen molar-refractivity contribution in [3.8, 4) is 5.75 Å². The number of carbonyl (C=O) groups is 1. The van der Waals surface area contributed by atoms with Crippen LogP contribution >= 0.6 is 0 Å². The number of nitrogen functional groups attached to an aromatic ring is 1. The minimum Gasteiger partial charge on any atom is -0.493 e. The van der Waals surface area contributed by atoms with Crippen molar-refractivity contribution >= 4 is 17.4 Å². The van der Waals surface area contributed by atoms with Gasteiger partial charge in [-0.25, -0.2) is 4.79 Å². The number of nitrogens with zero attached hydrogens (tertiary/aromatic N) is 2. The Morgan fingerprint density at radius 1 is 1.12 bits per heavy atom. The predicted molar refractivity (Wildman–Crippen MR) is 129 cm³/mol. The first-order valence-corrected chi connectivity index (χ1v) is 11.4. The number of rotatable bonds is 12. The number of aryl methyl sites for hydroxylation is 1. The summed E-state index contributed by atoms with van der Waals surface area (Å²) in [4.78, 5) is 41.8. The first kappa shape index (κ1) is 25.2. The molecule has 32 heavy (non-hydrogen) atoms. The molecule has 176 valence electrons. The summed E-state index contributed by atoms with van der Waals surface area (Å²) in [5, 5.41) is 0. The van der Waals surface area contributed by atoms with Crippen LogP contribution in [0.5, 0.6) is 5.75 Å². The topological polar surface area (TPSA) is 110 Å². The lowest BCUT2D eigenvalue weighted by Crippen LogP contribution is -2.42. The molecule has 1 aromatic heterocycles. The second-order valence-electron chi connectivity index (χ2n) is 8.05. The Hall–Kier alpha value is -3.03. The standard InChI is InChI=1S/C24H36N4O4/c1-5-7-9-15-27(20(29)13-16-32-19-12-10-11-17(3)18(19)4)21-22(25)28(14-8-6-2)24(31)26-23(21)30/h10-12H,5-9,13-16,25H2,1-4H3,(H,26,30,31). The molecule has 1 aromatic carbocycles. The Morgan fingerprint density at radius 3 is 2.53 bits per heavy atom. The van der Waals surface area contributed by atoms with E-state index in [1.54, 1.807) is 0 Å². The highest BCUT2D eigenvalue weighted by Gasteiger charge is 2.24. The lowest BCUT2D eigenvalue weighted by Gasteiger charge is -2.25. The molecule has 0 saturated carbocycles. The fraction of sp³-hybridized carbons (Fsp3) is 0.542. The molecule has 3 N–H and O–H groups in total. The van der Waals surface area contributed by atoms with Crippen molar-refractivity contribution in [1.82, 2.24) is 9.55 Å². The Kier molecular flexibility index (Phi) is 9.56. The first-order chi connectivity index (χ1) is 15.3. The van der Waals surface area contributed by atoms with Gasteiger partial charge in [0.2, 0.25) is 5.91 Å². The van der Waals surface area contributed by atoms with Crippen molar-refractivity contribution in [1.29, 1.82) is 0 Å². The summed E-state index contributed by atoms with van der Waals surface area (Å²) in [7, 11) is 0. The van der Waals surface area contributed by atoms with E-state index in [2.05, 4.69) is 11.9 Å². The van der Waals surface area contributed by atoms with Crippen LogP contribution in [0.3, 0.4) is 0 Å². The summed E-state index contributed by atoms with van der Waals surface area (Å²) >= 11 is 0. The zero-order valence-corrected chi connectivity index (χ0v) is 19.7. The lowest BCUT2D eigenvalue weighted by atomic mass is 10.1. The normalized spacial score (nSPS) is 10.9. The molecule has 8 nitrogen and oxygen atoms in total. The summed E-state index contributed by atoms with van der Waals surface area (Å²) in [6.07, 6.45) is 4.31. The highest BCUT2D eigenvalue weighted by molar-refractivity contribution is 5.95. The predicted octanol–water partition coefficient (Wildman–Crippen LogP) is 3.53. The van der Waals surface area contributed by atoms with Gasteiger partial charge >= 0.3 is 5.69 Å². The molecule has 1 amide bonds. The molecule has 0 aliphatic carbocycles. The number of aromatic amines is 1. The molecular weight excluding hydrogens is 408 g/mol. The molecule has 0 aliphatic rings. The van der Waals surface area contributed by atoms with E-state index >= 15 is 0 Å². The number of carbonyl (C=O) groups excluding carboxylic acids is 1. The van der Waals surface area contributed by atoms with E-state index in [9.17, 15) is 14.4 Å². The van der Waals surface area contributed by atoms with Gasteiger partial charge in [0.25, 0.3) is 5.56 Å². The minimum absolute atomic E-state index is 0.0347. The van der Waals surface area contributed by atoms with Crippen molar-refractivity contribution < 1.29 is 9.53 Å². The number of hydrogen-bond donors (Lipinski definition) is 2. The van der Waals surface area contributed by atoms with Crippen LogP contribution < -0.4 is 26.6 Å². The van der Waals surface area contributed by atoms with Crippen molar-refractivity contribution in [2.45, 2.75) is 72.8 Å². The molecule has 0 atom stereocenters. The molecule has 0 fully saturated rings. The number of anilines is 2. The van der Waals surface area contributed by atoms with E-state index in [4.69, 9.17) is 10.5 Å². The summed E-state index contributed by atoms with van der Waals surface area (Å²) in [6.45, 7) is 8.98. The van der Waals surface area contributed by atoms with E-state index in [1.807, 2.05) is 39.0 Å². The summed E-state index contributed by atoms with van der Waals surface area (Å²) in [5.41, 5.74) is 7.25. The first-order valence-electron chi connectivity index (χ1n) is 11.4. The second-order valence-corrected chi connectivity index (χ2v) is 8.05. The average molecular weight is 445 g/mol. The third-order valence-electron chi connectivity index (χ3n) is 5.63. The molecular formula is C24H36N4O4. The van der Waals surface area contributed by atoms with Crippen LogP contribution in [0.1, 0.15) is 63.5 Å². The van der Waals surface area contributed by atoms with Gasteiger partial charge in [-0.15, -0.1) is 0 Å². The van der Waals surface area contributed by atoms with Crippen LogP contribution in [0.25, 0.3) is 0 Å². The van der Waals surface area contributed by atoms with Crippen molar-refractivity contribution in [2.24, 2.45) is 0 Å². The van der Waals surface area contributed by atoms with Crippen LogP contribution in [-0.2, 0) is 11.3 Å². The molecule has 2 rings (SSSR count). The number of nitrogens with two attached hydrogens (primary N) is 1. The average Bonchev–Trinajstić information content (AvgIpc) is 2.75. The van der Waals surface area contributed by atoms with E-state index in [0.29, 0.717) is 13.1 Å². The summed E-state index contributed by atoms with van der Waals surface area (Å²) in [6, 6.07) is 5.79. The number of nitrogens with one attached hydrogen (secondary N) is 1. The Bertz CT molecular complexity index is 1030. The third-order valence-corrected chi connectivity index (χ3v) is 5.63. The second kappa shape index (κ2) is 12.1. The van der Waals surface area contributed by atoms with Crippen LogP contribution in [0.15, 0.2) is 27.8 Å². The van der Waals surface area contributed by atoms with Gasteiger partial charge in [-0.05, 0) is 43.9 Å². The molecule has 0 spiro atoms. The number of aromatic nitrogens is 2. The summed E-state index contributed by atoms with van der Waals surface area (Å²) in [5.74, 6) is 0.512. The molecule has 0 unspecified atom stereocenters. The van der Waals surface area contributed by atoms with Crippen LogP contribution in [0.4, 0.5) is 11.5 Å². The molecule has 0 aliphatic heterocycles. The van der Waals surface area contributed by atoms with E-state index in [-0.39, 0.29) is 30.4 Å². The molecule has 0 radical (unpaired) electrons. The quantitative estimate of drug-likeness (QED) is 0.487. The van der Waals surface area contributed by atoms with Gasteiger partial charge in [0.15, 0.2) is 5.69 Å². The Morgan fingerprint density at radius 2 is 1.84 bits per heavy atom. The fourth-order valence-corrected chi connectivity index (χ4v) is 3.52. The molecule has 1 heterocycles. The highest BCUT2D eigenvalue weighted by Crippen LogP contribution is 2.22. The number of ether oxygens (including phenoxy) is 1. The molecule has 8 heteroatoms.